The van der Waals surface area contributed by atoms with Gasteiger partial charge in [-0.25, -0.2) is 0 Å². The Labute approximate surface area is 240 Å². The Balaban J connectivity index is 3.37. The first-order valence-electron chi connectivity index (χ1n) is 16.8. The second-order valence-corrected chi connectivity index (χ2v) is 11.5. The van der Waals surface area contributed by atoms with Gasteiger partial charge in [-0.2, -0.15) is 0 Å². The van der Waals surface area contributed by atoms with Crippen molar-refractivity contribution in [2.75, 3.05) is 40.5 Å². The second kappa shape index (κ2) is 32.6. The topological polar surface area (TPSA) is 21.7 Å². The van der Waals surface area contributed by atoms with Gasteiger partial charge in [-0.15, -0.1) is 0 Å². The molecular formula is C35H69NO2. The van der Waals surface area contributed by atoms with Crippen molar-refractivity contribution in [1.29, 1.82) is 0 Å². The molecule has 0 aliphatic heterocycles. The van der Waals surface area contributed by atoms with Crippen molar-refractivity contribution >= 4 is 0 Å². The van der Waals surface area contributed by atoms with E-state index in [4.69, 9.17) is 9.47 Å². The fourth-order valence-electron chi connectivity index (χ4n) is 4.67. The molecule has 0 unspecified atom stereocenters. The zero-order valence-corrected chi connectivity index (χ0v) is 26.5. The first-order chi connectivity index (χ1) is 18.7. The highest BCUT2D eigenvalue weighted by Crippen LogP contribution is 2.12. The summed E-state index contributed by atoms with van der Waals surface area (Å²) in [4.78, 5) is 2.24. The van der Waals surface area contributed by atoms with Crippen LogP contribution in [0.25, 0.3) is 0 Å². The van der Waals surface area contributed by atoms with Crippen LogP contribution in [0.2, 0.25) is 0 Å². The third kappa shape index (κ3) is 29.9. The molecule has 1 atom stereocenters. The molecule has 3 heteroatoms. The Morgan fingerprint density at radius 1 is 0.474 bits per heavy atom. The van der Waals surface area contributed by atoms with Crippen LogP contribution in [0.15, 0.2) is 24.3 Å². The molecule has 0 amide bonds. The molecule has 0 spiro atoms. The van der Waals surface area contributed by atoms with Crippen LogP contribution in [0, 0.1) is 0 Å². The summed E-state index contributed by atoms with van der Waals surface area (Å²) in [7, 11) is 4.27. The van der Waals surface area contributed by atoms with Crippen molar-refractivity contribution in [3.8, 4) is 0 Å². The van der Waals surface area contributed by atoms with Crippen molar-refractivity contribution < 1.29 is 9.47 Å². The minimum absolute atomic E-state index is 0.369. The molecule has 0 aliphatic carbocycles. The van der Waals surface area contributed by atoms with Gasteiger partial charge in [-0.05, 0) is 59.0 Å². The number of hydrogen-bond donors (Lipinski definition) is 0. The van der Waals surface area contributed by atoms with Gasteiger partial charge >= 0.3 is 0 Å². The van der Waals surface area contributed by atoms with Crippen molar-refractivity contribution in [2.45, 2.75) is 161 Å². The fourth-order valence-corrected chi connectivity index (χ4v) is 4.67. The third-order valence-corrected chi connectivity index (χ3v) is 7.48. The molecule has 0 saturated heterocycles. The van der Waals surface area contributed by atoms with E-state index in [1.807, 2.05) is 0 Å². The van der Waals surface area contributed by atoms with Crippen LogP contribution in [0.5, 0.6) is 0 Å². The molecule has 0 N–H and O–H groups in total. The minimum Gasteiger partial charge on any atom is -0.380 e. The Bertz CT molecular complexity index is 488. The van der Waals surface area contributed by atoms with E-state index in [9.17, 15) is 0 Å². The molecule has 0 heterocycles. The van der Waals surface area contributed by atoms with Crippen LogP contribution < -0.4 is 0 Å². The number of allylic oxidation sites excluding steroid dienone is 4. The first kappa shape index (κ1) is 37.4. The molecular weight excluding hydrogens is 466 g/mol. The quantitative estimate of drug-likeness (QED) is 0.0651. The number of nitrogens with zero attached hydrogens (tertiary/aromatic N) is 1. The number of unbranched alkanes of at least 4 members (excludes halogenated alkanes) is 18. The first-order valence-corrected chi connectivity index (χ1v) is 16.8. The van der Waals surface area contributed by atoms with E-state index >= 15 is 0 Å². The maximum absolute atomic E-state index is 5.99. The molecule has 0 saturated carbocycles. The van der Waals surface area contributed by atoms with Crippen molar-refractivity contribution in [3.63, 3.8) is 0 Å². The van der Waals surface area contributed by atoms with E-state index in [0.29, 0.717) is 6.04 Å². The van der Waals surface area contributed by atoms with E-state index in [-0.39, 0.29) is 0 Å². The summed E-state index contributed by atoms with van der Waals surface area (Å²) >= 11 is 0. The van der Waals surface area contributed by atoms with E-state index < -0.39 is 0 Å². The molecule has 226 valence electrons. The van der Waals surface area contributed by atoms with Gasteiger partial charge in [0.2, 0.25) is 0 Å². The average molecular weight is 536 g/mol. The Hall–Kier alpha value is -0.640. The maximum Gasteiger partial charge on any atom is 0.0644 e. The van der Waals surface area contributed by atoms with Gasteiger partial charge < -0.3 is 14.4 Å². The molecule has 0 aromatic rings. The number of ether oxygens (including phenoxy) is 2. The molecule has 0 aliphatic rings. The highest BCUT2D eigenvalue weighted by Gasteiger charge is 2.11. The van der Waals surface area contributed by atoms with Crippen LogP contribution in [0.4, 0.5) is 0 Å². The van der Waals surface area contributed by atoms with Gasteiger partial charge in [0.25, 0.3) is 0 Å². The van der Waals surface area contributed by atoms with Crippen LogP contribution in [-0.2, 0) is 9.47 Å². The van der Waals surface area contributed by atoms with Gasteiger partial charge in [0, 0.05) is 13.2 Å². The van der Waals surface area contributed by atoms with Gasteiger partial charge in [-0.3, -0.25) is 0 Å². The van der Waals surface area contributed by atoms with Crippen LogP contribution in [-0.4, -0.2) is 51.5 Å². The summed E-state index contributed by atoms with van der Waals surface area (Å²) in [5, 5.41) is 0. The van der Waals surface area contributed by atoms with Crippen LogP contribution in [0.1, 0.15) is 155 Å². The summed E-state index contributed by atoms with van der Waals surface area (Å²) in [5.74, 6) is 0. The number of rotatable bonds is 31. The number of likely N-dealkylation sites (N-methyl/N-ethyl adjacent to an activating group) is 1. The van der Waals surface area contributed by atoms with E-state index in [1.54, 1.807) is 0 Å². The van der Waals surface area contributed by atoms with Crippen molar-refractivity contribution in [2.24, 2.45) is 0 Å². The fraction of sp³-hybridized carbons (Fsp3) is 0.886. The molecule has 0 aromatic heterocycles. The monoisotopic (exact) mass is 536 g/mol. The van der Waals surface area contributed by atoms with Crippen LogP contribution in [0.3, 0.4) is 0 Å². The number of hydrogen-bond acceptors (Lipinski definition) is 3. The van der Waals surface area contributed by atoms with Crippen molar-refractivity contribution in [3.05, 3.63) is 24.3 Å². The normalized spacial score (nSPS) is 13.0. The summed E-state index contributed by atoms with van der Waals surface area (Å²) in [6.07, 6.45) is 38.6. The lowest BCUT2D eigenvalue weighted by Gasteiger charge is -2.24. The smallest absolute Gasteiger partial charge is 0.0644 e. The Kier molecular flexibility index (Phi) is 32.0. The molecule has 0 rings (SSSR count). The van der Waals surface area contributed by atoms with E-state index in [1.165, 1.54) is 135 Å². The lowest BCUT2D eigenvalue weighted by Crippen LogP contribution is -2.37. The largest absolute Gasteiger partial charge is 0.380 e. The highest BCUT2D eigenvalue weighted by molar-refractivity contribution is 4.92. The molecule has 0 fully saturated rings. The van der Waals surface area contributed by atoms with Gasteiger partial charge in [-0.1, -0.05) is 134 Å². The Morgan fingerprint density at radius 3 is 1.29 bits per heavy atom. The molecule has 3 nitrogen and oxygen atoms in total. The van der Waals surface area contributed by atoms with E-state index in [0.717, 1.165) is 32.8 Å². The molecule has 0 aromatic carbocycles. The SMILES string of the molecule is CCCCCC=CCC=CCCCCCCCCCCCCOC[C@H](COCCCCCCCC)N(C)C. The van der Waals surface area contributed by atoms with Crippen molar-refractivity contribution in [1.82, 2.24) is 4.90 Å². The maximum atomic E-state index is 5.99. The summed E-state index contributed by atoms with van der Waals surface area (Å²) in [5.41, 5.74) is 0. The van der Waals surface area contributed by atoms with Gasteiger partial charge in [0.1, 0.15) is 0 Å². The predicted octanol–water partition coefficient (Wildman–Crippen LogP) is 10.7. The third-order valence-electron chi connectivity index (χ3n) is 7.48. The zero-order chi connectivity index (χ0) is 27.8. The van der Waals surface area contributed by atoms with Gasteiger partial charge in [0.15, 0.2) is 0 Å². The summed E-state index contributed by atoms with van der Waals surface area (Å²) in [6, 6.07) is 0.369. The predicted molar refractivity (Wildman–Crippen MR) is 170 cm³/mol. The van der Waals surface area contributed by atoms with E-state index in [2.05, 4.69) is 57.1 Å². The Morgan fingerprint density at radius 2 is 0.842 bits per heavy atom. The second-order valence-electron chi connectivity index (χ2n) is 11.5. The molecule has 0 bridgehead atoms. The van der Waals surface area contributed by atoms with Gasteiger partial charge in [0.05, 0.1) is 19.3 Å². The summed E-state index contributed by atoms with van der Waals surface area (Å²) < 4.78 is 11.9. The lowest BCUT2D eigenvalue weighted by atomic mass is 10.1. The lowest BCUT2D eigenvalue weighted by molar-refractivity contribution is 0.0197. The molecule has 38 heavy (non-hydrogen) atoms. The summed E-state index contributed by atoms with van der Waals surface area (Å²) in [6.45, 7) is 7.90. The van der Waals surface area contributed by atoms with Crippen LogP contribution >= 0.6 is 0 Å². The zero-order valence-electron chi connectivity index (χ0n) is 26.5. The average Bonchev–Trinajstić information content (AvgIpc) is 2.91. The highest BCUT2D eigenvalue weighted by atomic mass is 16.5. The standard InChI is InChI=1S/C35H69NO2/c1-5-7-9-11-13-14-15-16-17-18-19-20-21-22-23-24-25-26-28-30-32-38-34-35(36(3)4)33-37-31-29-27-12-10-8-6-2/h13-14,16-17,35H,5-12,15,18-34H2,1-4H3/t35-/m0/s1. The minimum atomic E-state index is 0.369. The molecule has 0 radical (unpaired) electrons.